The van der Waals surface area contributed by atoms with E-state index in [0.29, 0.717) is 17.6 Å². The van der Waals surface area contributed by atoms with Crippen molar-refractivity contribution in [2.75, 3.05) is 0 Å². The van der Waals surface area contributed by atoms with Gasteiger partial charge in [-0.2, -0.15) is 0 Å². The van der Waals surface area contributed by atoms with E-state index in [1.54, 1.807) is 13.0 Å². The predicted octanol–water partition coefficient (Wildman–Crippen LogP) is 3.68. The third-order valence-corrected chi connectivity index (χ3v) is 3.37. The standard InChI is InChI=1S/C15H20FN/c1-11-6-7-13(10-15(11)16)8-9-14-5-3-4-12(2)17-14/h6-10,12,14,17H,3-5H2,1-2H3/b9-8+. The van der Waals surface area contributed by atoms with Gasteiger partial charge in [0.15, 0.2) is 0 Å². The summed E-state index contributed by atoms with van der Waals surface area (Å²) in [5.41, 5.74) is 1.64. The van der Waals surface area contributed by atoms with Crippen molar-refractivity contribution in [3.63, 3.8) is 0 Å². The molecule has 1 aliphatic heterocycles. The number of nitrogens with one attached hydrogen (secondary N) is 1. The summed E-state index contributed by atoms with van der Waals surface area (Å²) in [4.78, 5) is 0. The third kappa shape index (κ3) is 3.40. The second-order valence-electron chi connectivity index (χ2n) is 4.97. The van der Waals surface area contributed by atoms with Crippen molar-refractivity contribution < 1.29 is 4.39 Å². The van der Waals surface area contributed by atoms with E-state index in [-0.39, 0.29) is 5.82 Å². The van der Waals surface area contributed by atoms with Crippen molar-refractivity contribution in [1.29, 1.82) is 0 Å². The molecule has 0 aromatic heterocycles. The molecule has 1 heterocycles. The molecule has 1 aliphatic rings. The van der Waals surface area contributed by atoms with Crippen molar-refractivity contribution in [2.24, 2.45) is 0 Å². The van der Waals surface area contributed by atoms with Crippen LogP contribution in [0.15, 0.2) is 24.3 Å². The van der Waals surface area contributed by atoms with Crippen molar-refractivity contribution in [3.8, 4) is 0 Å². The molecule has 1 N–H and O–H groups in total. The van der Waals surface area contributed by atoms with Gasteiger partial charge < -0.3 is 5.32 Å². The van der Waals surface area contributed by atoms with Crippen molar-refractivity contribution >= 4 is 6.08 Å². The van der Waals surface area contributed by atoms with E-state index in [4.69, 9.17) is 0 Å². The molecule has 0 aliphatic carbocycles. The number of rotatable bonds is 2. The van der Waals surface area contributed by atoms with Gasteiger partial charge in [-0.15, -0.1) is 0 Å². The molecular weight excluding hydrogens is 213 g/mol. The van der Waals surface area contributed by atoms with E-state index in [9.17, 15) is 4.39 Å². The summed E-state index contributed by atoms with van der Waals surface area (Å²) in [7, 11) is 0. The highest BCUT2D eigenvalue weighted by Gasteiger charge is 2.14. The first-order chi connectivity index (χ1) is 8.15. The van der Waals surface area contributed by atoms with E-state index >= 15 is 0 Å². The van der Waals surface area contributed by atoms with Crippen LogP contribution in [-0.4, -0.2) is 12.1 Å². The Morgan fingerprint density at radius 2 is 2.18 bits per heavy atom. The highest BCUT2D eigenvalue weighted by molar-refractivity contribution is 5.50. The topological polar surface area (TPSA) is 12.0 Å². The van der Waals surface area contributed by atoms with Gasteiger partial charge in [0.05, 0.1) is 0 Å². The average Bonchev–Trinajstić information content (AvgIpc) is 2.31. The Morgan fingerprint density at radius 3 is 2.88 bits per heavy atom. The fraction of sp³-hybridized carbons (Fsp3) is 0.467. The maximum absolute atomic E-state index is 13.4. The van der Waals surface area contributed by atoms with Crippen LogP contribution in [0.3, 0.4) is 0 Å². The SMILES string of the molecule is Cc1ccc(/C=C/C2CCCC(C)N2)cc1F. The summed E-state index contributed by atoms with van der Waals surface area (Å²) >= 11 is 0. The van der Waals surface area contributed by atoms with Crippen molar-refractivity contribution in [1.82, 2.24) is 5.32 Å². The molecule has 2 rings (SSSR count). The molecular formula is C15H20FN. The third-order valence-electron chi connectivity index (χ3n) is 3.37. The van der Waals surface area contributed by atoms with Gasteiger partial charge in [0.25, 0.3) is 0 Å². The van der Waals surface area contributed by atoms with Crippen LogP contribution in [-0.2, 0) is 0 Å². The highest BCUT2D eigenvalue weighted by Crippen LogP contribution is 2.15. The molecule has 0 saturated carbocycles. The Bertz CT molecular complexity index is 411. The first-order valence-corrected chi connectivity index (χ1v) is 6.35. The molecule has 1 saturated heterocycles. The van der Waals surface area contributed by atoms with E-state index in [1.807, 2.05) is 18.2 Å². The van der Waals surface area contributed by atoms with Crippen LogP contribution >= 0.6 is 0 Å². The summed E-state index contributed by atoms with van der Waals surface area (Å²) in [5, 5.41) is 3.53. The molecule has 17 heavy (non-hydrogen) atoms. The van der Waals surface area contributed by atoms with E-state index < -0.39 is 0 Å². The van der Waals surface area contributed by atoms with Gasteiger partial charge in [-0.3, -0.25) is 0 Å². The van der Waals surface area contributed by atoms with Crippen LogP contribution in [0.2, 0.25) is 0 Å². The van der Waals surface area contributed by atoms with Crippen molar-refractivity contribution in [3.05, 3.63) is 41.2 Å². The van der Waals surface area contributed by atoms with Gasteiger partial charge >= 0.3 is 0 Å². The number of hydrogen-bond acceptors (Lipinski definition) is 1. The molecule has 2 atom stereocenters. The van der Waals surface area contributed by atoms with Gasteiger partial charge in [-0.05, 0) is 43.9 Å². The van der Waals surface area contributed by atoms with Crippen LogP contribution in [0.25, 0.3) is 6.08 Å². The molecule has 0 bridgehead atoms. The van der Waals surface area contributed by atoms with Crippen LogP contribution in [0.1, 0.15) is 37.3 Å². The van der Waals surface area contributed by atoms with Crippen LogP contribution in [0, 0.1) is 12.7 Å². The first-order valence-electron chi connectivity index (χ1n) is 6.35. The lowest BCUT2D eigenvalue weighted by molar-refractivity contribution is 0.375. The second kappa shape index (κ2) is 5.46. The van der Waals surface area contributed by atoms with Gasteiger partial charge in [0, 0.05) is 12.1 Å². The van der Waals surface area contributed by atoms with Gasteiger partial charge in [-0.25, -0.2) is 4.39 Å². The Morgan fingerprint density at radius 1 is 1.35 bits per heavy atom. The molecule has 1 fully saturated rings. The molecule has 2 heteroatoms. The van der Waals surface area contributed by atoms with E-state index in [1.165, 1.54) is 19.3 Å². The van der Waals surface area contributed by atoms with Crippen molar-refractivity contribution in [2.45, 2.75) is 45.2 Å². The first kappa shape index (κ1) is 12.3. The summed E-state index contributed by atoms with van der Waals surface area (Å²) in [6.07, 6.45) is 7.86. The smallest absolute Gasteiger partial charge is 0.126 e. The molecule has 0 spiro atoms. The molecule has 1 aromatic carbocycles. The zero-order valence-corrected chi connectivity index (χ0v) is 10.5. The van der Waals surface area contributed by atoms with Gasteiger partial charge in [0.1, 0.15) is 5.82 Å². The highest BCUT2D eigenvalue weighted by atomic mass is 19.1. The molecule has 1 nitrogen and oxygen atoms in total. The number of aryl methyl sites for hydroxylation is 1. The summed E-state index contributed by atoms with van der Waals surface area (Å²) in [6, 6.07) is 6.40. The predicted molar refractivity (Wildman–Crippen MR) is 70.4 cm³/mol. The number of piperidine rings is 1. The van der Waals surface area contributed by atoms with Crippen LogP contribution in [0.5, 0.6) is 0 Å². The molecule has 1 aromatic rings. The lowest BCUT2D eigenvalue weighted by Crippen LogP contribution is -2.39. The van der Waals surface area contributed by atoms with Crippen LogP contribution in [0.4, 0.5) is 4.39 Å². The minimum Gasteiger partial charge on any atom is -0.308 e. The number of halogens is 1. The maximum Gasteiger partial charge on any atom is 0.126 e. The Balaban J connectivity index is 2.01. The second-order valence-corrected chi connectivity index (χ2v) is 4.97. The van der Waals surface area contributed by atoms with E-state index in [2.05, 4.69) is 18.3 Å². The lowest BCUT2D eigenvalue weighted by atomic mass is 9.99. The average molecular weight is 233 g/mol. The fourth-order valence-corrected chi connectivity index (χ4v) is 2.27. The lowest BCUT2D eigenvalue weighted by Gasteiger charge is -2.26. The Labute approximate surface area is 103 Å². The van der Waals surface area contributed by atoms with Crippen LogP contribution < -0.4 is 5.32 Å². The molecule has 2 unspecified atom stereocenters. The Kier molecular flexibility index (Phi) is 3.95. The molecule has 92 valence electrons. The minimum absolute atomic E-state index is 0.128. The minimum atomic E-state index is -0.128. The molecule has 0 amide bonds. The summed E-state index contributed by atoms with van der Waals surface area (Å²) in [5.74, 6) is -0.128. The Hall–Kier alpha value is -1.15. The zero-order valence-electron chi connectivity index (χ0n) is 10.5. The monoisotopic (exact) mass is 233 g/mol. The maximum atomic E-state index is 13.4. The quantitative estimate of drug-likeness (QED) is 0.821. The fourth-order valence-electron chi connectivity index (χ4n) is 2.27. The summed E-state index contributed by atoms with van der Waals surface area (Å²) in [6.45, 7) is 4.00. The number of benzene rings is 1. The number of hydrogen-bond donors (Lipinski definition) is 1. The van der Waals surface area contributed by atoms with Gasteiger partial charge in [-0.1, -0.05) is 30.7 Å². The molecule has 0 radical (unpaired) electrons. The normalized spacial score (nSPS) is 25.4. The zero-order chi connectivity index (χ0) is 12.3. The largest absolute Gasteiger partial charge is 0.308 e. The summed E-state index contributed by atoms with van der Waals surface area (Å²) < 4.78 is 13.4. The van der Waals surface area contributed by atoms with E-state index in [0.717, 1.165) is 5.56 Å². The van der Waals surface area contributed by atoms with Gasteiger partial charge in [0.2, 0.25) is 0 Å².